The normalized spacial score (nSPS) is 14.0. The van der Waals surface area contributed by atoms with Gasteiger partial charge in [0.15, 0.2) is 0 Å². The Labute approximate surface area is 182 Å². The van der Waals surface area contributed by atoms with Crippen molar-refractivity contribution in [3.63, 3.8) is 0 Å². The Bertz CT molecular complexity index is 1030. The van der Waals surface area contributed by atoms with Crippen molar-refractivity contribution in [2.24, 2.45) is 12.8 Å². The van der Waals surface area contributed by atoms with Crippen LogP contribution in [-0.2, 0) is 29.5 Å². The fourth-order valence-electron chi connectivity index (χ4n) is 3.86. The highest BCUT2D eigenvalue weighted by atomic mass is 16.4. The molecule has 162 valence electrons. The van der Waals surface area contributed by atoms with Gasteiger partial charge in [-0.2, -0.15) is 5.10 Å². The molecule has 1 aliphatic rings. The Morgan fingerprint density at radius 1 is 1.00 bits per heavy atom. The number of nitrogens with two attached hydrogens (primary N) is 1. The summed E-state index contributed by atoms with van der Waals surface area (Å²) in [5.74, 6) is -0.850. The summed E-state index contributed by atoms with van der Waals surface area (Å²) in [7, 11) is 1.99. The molecule has 0 bridgehead atoms. The summed E-state index contributed by atoms with van der Waals surface area (Å²) in [4.78, 5) is 23.8. The van der Waals surface area contributed by atoms with Crippen LogP contribution in [0.15, 0.2) is 60.7 Å². The molecule has 3 aromatic rings. The lowest BCUT2D eigenvalue weighted by molar-refractivity contribution is -0.134. The van der Waals surface area contributed by atoms with Crippen LogP contribution in [0.25, 0.3) is 11.3 Å². The van der Waals surface area contributed by atoms with Crippen LogP contribution in [0.2, 0.25) is 0 Å². The average molecular weight is 421 g/mol. The Hall–Kier alpha value is -3.45. The molecule has 7 heteroatoms. The monoisotopic (exact) mass is 420 g/mol. The van der Waals surface area contributed by atoms with Crippen molar-refractivity contribution in [2.75, 3.05) is 13.1 Å². The van der Waals surface area contributed by atoms with Gasteiger partial charge in [-0.3, -0.25) is 14.3 Å². The third-order valence-corrected chi connectivity index (χ3v) is 5.26. The van der Waals surface area contributed by atoms with Crippen molar-refractivity contribution >= 4 is 11.9 Å². The maximum atomic E-state index is 12.9. The van der Waals surface area contributed by atoms with Gasteiger partial charge < -0.3 is 15.7 Å². The van der Waals surface area contributed by atoms with E-state index in [4.69, 9.17) is 20.7 Å². The molecule has 1 aliphatic heterocycles. The number of hydrogen-bond donors (Lipinski definition) is 2. The topological polar surface area (TPSA) is 101 Å². The number of benzene rings is 2. The highest BCUT2D eigenvalue weighted by Gasteiger charge is 2.27. The summed E-state index contributed by atoms with van der Waals surface area (Å²) in [5.41, 5.74) is 11.7. The van der Waals surface area contributed by atoms with E-state index in [1.54, 1.807) is 0 Å². The number of nitrogens with zero attached hydrogens (tertiary/aromatic N) is 3. The zero-order chi connectivity index (χ0) is 22.4. The number of carbonyl (C=O) groups is 2. The number of amides is 1. The van der Waals surface area contributed by atoms with E-state index in [9.17, 15) is 4.79 Å². The standard InChI is InChI=1S/C22H24N4O.C2H4O2/c1-25-21(17-10-6-3-7-11-17)18-12-14-26(15-13-19(18)24-25)22(27)20(23)16-8-4-2-5-9-16;1-2(3)4/h2-11,20H,12-15,23H2,1H3;1H3,(H,3,4)/t20-;/m1./s1. The van der Waals surface area contributed by atoms with Gasteiger partial charge in [0.05, 0.1) is 11.4 Å². The van der Waals surface area contributed by atoms with Crippen LogP contribution >= 0.6 is 0 Å². The maximum absolute atomic E-state index is 12.9. The number of carbonyl (C=O) groups excluding carboxylic acids is 1. The summed E-state index contributed by atoms with van der Waals surface area (Å²) in [6.07, 6.45) is 1.55. The molecule has 0 radical (unpaired) electrons. The Morgan fingerprint density at radius 3 is 2.16 bits per heavy atom. The summed E-state index contributed by atoms with van der Waals surface area (Å²) < 4.78 is 1.97. The van der Waals surface area contributed by atoms with Gasteiger partial charge in [-0.25, -0.2) is 0 Å². The molecule has 1 amide bonds. The highest BCUT2D eigenvalue weighted by molar-refractivity contribution is 5.83. The number of carboxylic acid groups (broad SMARTS) is 1. The van der Waals surface area contributed by atoms with Crippen LogP contribution in [0.5, 0.6) is 0 Å². The van der Waals surface area contributed by atoms with E-state index < -0.39 is 12.0 Å². The predicted molar refractivity (Wildman–Crippen MR) is 119 cm³/mol. The minimum Gasteiger partial charge on any atom is -0.481 e. The number of aryl methyl sites for hydroxylation is 1. The molecule has 1 aromatic heterocycles. The first-order valence-corrected chi connectivity index (χ1v) is 10.3. The first-order chi connectivity index (χ1) is 14.9. The van der Waals surface area contributed by atoms with Crippen molar-refractivity contribution in [3.8, 4) is 11.3 Å². The quantitative estimate of drug-likeness (QED) is 0.678. The lowest BCUT2D eigenvalue weighted by Crippen LogP contribution is -2.40. The fourth-order valence-corrected chi connectivity index (χ4v) is 3.86. The molecule has 0 fully saturated rings. The summed E-state index contributed by atoms with van der Waals surface area (Å²) in [6.45, 7) is 2.40. The van der Waals surface area contributed by atoms with Crippen molar-refractivity contribution in [1.82, 2.24) is 14.7 Å². The third-order valence-electron chi connectivity index (χ3n) is 5.26. The number of fused-ring (bicyclic) bond motifs is 1. The summed E-state index contributed by atoms with van der Waals surface area (Å²) >= 11 is 0. The zero-order valence-electron chi connectivity index (χ0n) is 17.9. The minimum atomic E-state index is -0.833. The SMILES string of the molecule is CC(=O)O.Cn1nc2c(c1-c1ccccc1)CCN(C(=O)[C@H](N)c1ccccc1)CC2. The lowest BCUT2D eigenvalue weighted by Gasteiger charge is -2.24. The van der Waals surface area contributed by atoms with Gasteiger partial charge in [0.25, 0.3) is 5.97 Å². The number of aromatic nitrogens is 2. The van der Waals surface area contributed by atoms with Gasteiger partial charge in [-0.05, 0) is 12.0 Å². The van der Waals surface area contributed by atoms with Gasteiger partial charge >= 0.3 is 0 Å². The van der Waals surface area contributed by atoms with Crippen molar-refractivity contribution in [2.45, 2.75) is 25.8 Å². The van der Waals surface area contributed by atoms with E-state index in [1.807, 2.05) is 65.2 Å². The first-order valence-electron chi connectivity index (χ1n) is 10.3. The number of hydrogen-bond acceptors (Lipinski definition) is 4. The molecular weight excluding hydrogens is 392 g/mol. The lowest BCUT2D eigenvalue weighted by atomic mass is 10.0. The van der Waals surface area contributed by atoms with Crippen LogP contribution in [0, 0.1) is 0 Å². The molecule has 4 rings (SSSR count). The van der Waals surface area contributed by atoms with Crippen LogP contribution in [0.4, 0.5) is 0 Å². The molecule has 0 unspecified atom stereocenters. The van der Waals surface area contributed by atoms with Crippen molar-refractivity contribution in [1.29, 1.82) is 0 Å². The van der Waals surface area contributed by atoms with Crippen LogP contribution in [0.3, 0.4) is 0 Å². The smallest absolute Gasteiger partial charge is 0.300 e. The largest absolute Gasteiger partial charge is 0.481 e. The first kappa shape index (κ1) is 22.2. The molecular formula is C24H28N4O3. The third kappa shape index (κ3) is 5.38. The second kappa shape index (κ2) is 10.0. The van der Waals surface area contributed by atoms with Gasteiger partial charge in [-0.1, -0.05) is 60.7 Å². The molecule has 1 atom stereocenters. The van der Waals surface area contributed by atoms with Gasteiger partial charge in [0.2, 0.25) is 5.91 Å². The Morgan fingerprint density at radius 2 is 1.55 bits per heavy atom. The second-order valence-electron chi connectivity index (χ2n) is 7.50. The molecule has 2 aromatic carbocycles. The van der Waals surface area contributed by atoms with Crippen molar-refractivity contribution < 1.29 is 14.7 Å². The molecule has 0 spiro atoms. The van der Waals surface area contributed by atoms with Crippen LogP contribution < -0.4 is 5.73 Å². The van der Waals surface area contributed by atoms with Gasteiger partial charge in [-0.15, -0.1) is 0 Å². The highest BCUT2D eigenvalue weighted by Crippen LogP contribution is 2.29. The second-order valence-corrected chi connectivity index (χ2v) is 7.50. The molecule has 2 heterocycles. The molecule has 0 saturated carbocycles. The predicted octanol–water partition coefficient (Wildman–Crippen LogP) is 2.81. The van der Waals surface area contributed by atoms with E-state index in [0.29, 0.717) is 13.1 Å². The number of aliphatic carboxylic acids is 1. The number of rotatable bonds is 3. The van der Waals surface area contributed by atoms with E-state index in [-0.39, 0.29) is 5.91 Å². The summed E-state index contributed by atoms with van der Waals surface area (Å²) in [5, 5.41) is 12.1. The van der Waals surface area contributed by atoms with E-state index in [0.717, 1.165) is 42.3 Å². The van der Waals surface area contributed by atoms with E-state index in [1.165, 1.54) is 5.56 Å². The number of carboxylic acids is 1. The van der Waals surface area contributed by atoms with Crippen LogP contribution in [0.1, 0.15) is 29.8 Å². The summed E-state index contributed by atoms with van der Waals surface area (Å²) in [6, 6.07) is 19.3. The van der Waals surface area contributed by atoms with Gasteiger partial charge in [0, 0.05) is 44.6 Å². The van der Waals surface area contributed by atoms with Crippen molar-refractivity contribution in [3.05, 3.63) is 77.5 Å². The molecule has 0 saturated heterocycles. The van der Waals surface area contributed by atoms with E-state index in [2.05, 4.69) is 12.1 Å². The molecule has 31 heavy (non-hydrogen) atoms. The fraction of sp³-hybridized carbons (Fsp3) is 0.292. The van der Waals surface area contributed by atoms with Gasteiger partial charge in [0.1, 0.15) is 6.04 Å². The minimum absolute atomic E-state index is 0.0167. The molecule has 0 aliphatic carbocycles. The van der Waals surface area contributed by atoms with E-state index >= 15 is 0 Å². The molecule has 7 nitrogen and oxygen atoms in total. The maximum Gasteiger partial charge on any atom is 0.300 e. The Balaban J connectivity index is 0.000000628. The van der Waals surface area contributed by atoms with Crippen LogP contribution in [-0.4, -0.2) is 44.8 Å². The average Bonchev–Trinajstić information content (AvgIpc) is 2.94. The Kier molecular flexibility index (Phi) is 7.20. The zero-order valence-corrected chi connectivity index (χ0v) is 17.9. The molecule has 3 N–H and O–H groups in total.